The lowest BCUT2D eigenvalue weighted by molar-refractivity contribution is -0.384. The molecule has 0 atom stereocenters. The zero-order valence-corrected chi connectivity index (χ0v) is 16.7. The average molecular weight is 415 g/mol. The maximum atomic E-state index is 12.5. The number of non-ortho nitro benzene ring substituents is 1. The van der Waals surface area contributed by atoms with Crippen LogP contribution in [0.15, 0.2) is 84.4 Å². The molecular formula is C23H17N3O3S. The lowest BCUT2D eigenvalue weighted by atomic mass is 10.1. The molecule has 6 nitrogen and oxygen atoms in total. The molecule has 7 heteroatoms. The van der Waals surface area contributed by atoms with Gasteiger partial charge in [-0.15, -0.1) is 6.58 Å². The predicted molar refractivity (Wildman–Crippen MR) is 120 cm³/mol. The second-order valence-corrected chi connectivity index (χ2v) is 7.53. The van der Waals surface area contributed by atoms with E-state index in [2.05, 4.69) is 29.8 Å². The van der Waals surface area contributed by atoms with Gasteiger partial charge in [-0.3, -0.25) is 14.9 Å². The second-order valence-electron chi connectivity index (χ2n) is 6.55. The fourth-order valence-electron chi connectivity index (χ4n) is 3.20. The molecule has 0 spiro atoms. The van der Waals surface area contributed by atoms with Gasteiger partial charge in [0.05, 0.1) is 15.1 Å². The minimum atomic E-state index is -0.461. The van der Waals surface area contributed by atoms with E-state index < -0.39 is 10.8 Å². The number of amides is 1. The van der Waals surface area contributed by atoms with Crippen LogP contribution in [0.3, 0.4) is 0 Å². The number of nitrogens with zero attached hydrogens (tertiary/aromatic N) is 3. The first kappa shape index (κ1) is 19.5. The number of aromatic nitrogens is 1. The van der Waals surface area contributed by atoms with Gasteiger partial charge in [0.2, 0.25) is 0 Å². The standard InChI is InChI=1S/C23H17N3O3S/c1-2-15-25-20-13-10-17-5-3-4-6-19(17)22(20)30-23(25)24-21(27)14-9-16-7-11-18(12-8-16)26(28)29/h2-14H,1,15H2/b14-9-,24-23?. The van der Waals surface area contributed by atoms with Crippen LogP contribution in [-0.4, -0.2) is 15.4 Å². The number of fused-ring (bicyclic) bond motifs is 3. The Balaban J connectivity index is 1.72. The summed E-state index contributed by atoms with van der Waals surface area (Å²) in [6, 6.07) is 18.2. The quantitative estimate of drug-likeness (QED) is 0.197. The Hall–Kier alpha value is -3.84. The van der Waals surface area contributed by atoms with Crippen molar-refractivity contribution in [1.29, 1.82) is 0 Å². The first-order valence-electron chi connectivity index (χ1n) is 9.20. The van der Waals surface area contributed by atoms with E-state index in [1.54, 1.807) is 24.3 Å². The molecule has 0 aliphatic rings. The van der Waals surface area contributed by atoms with Crippen molar-refractivity contribution in [3.63, 3.8) is 0 Å². The van der Waals surface area contributed by atoms with Crippen molar-refractivity contribution in [1.82, 2.24) is 4.57 Å². The molecule has 1 heterocycles. The van der Waals surface area contributed by atoms with Gasteiger partial charge >= 0.3 is 0 Å². The third-order valence-electron chi connectivity index (χ3n) is 4.61. The molecular weight excluding hydrogens is 398 g/mol. The number of allylic oxidation sites excluding steroid dienone is 1. The topological polar surface area (TPSA) is 77.5 Å². The van der Waals surface area contributed by atoms with Crippen LogP contribution in [0.4, 0.5) is 5.69 Å². The number of nitro benzene ring substituents is 1. The number of carbonyl (C=O) groups excluding carboxylic acids is 1. The van der Waals surface area contributed by atoms with Gasteiger partial charge in [-0.05, 0) is 35.2 Å². The van der Waals surface area contributed by atoms with Crippen LogP contribution in [0.2, 0.25) is 0 Å². The van der Waals surface area contributed by atoms with E-state index in [9.17, 15) is 14.9 Å². The van der Waals surface area contributed by atoms with Gasteiger partial charge in [0.15, 0.2) is 4.80 Å². The molecule has 148 valence electrons. The monoisotopic (exact) mass is 415 g/mol. The number of rotatable bonds is 5. The Labute approximate surface area is 175 Å². The molecule has 30 heavy (non-hydrogen) atoms. The molecule has 0 radical (unpaired) electrons. The van der Waals surface area contributed by atoms with E-state index in [-0.39, 0.29) is 5.69 Å². The summed E-state index contributed by atoms with van der Waals surface area (Å²) >= 11 is 1.47. The summed E-state index contributed by atoms with van der Waals surface area (Å²) in [6.07, 6.45) is 4.73. The van der Waals surface area contributed by atoms with Gasteiger partial charge in [0.1, 0.15) is 0 Å². The zero-order valence-electron chi connectivity index (χ0n) is 15.9. The van der Waals surface area contributed by atoms with E-state index >= 15 is 0 Å². The van der Waals surface area contributed by atoms with Crippen LogP contribution in [0.1, 0.15) is 5.56 Å². The molecule has 4 aromatic rings. The van der Waals surface area contributed by atoms with E-state index in [1.807, 2.05) is 22.8 Å². The zero-order chi connectivity index (χ0) is 21.1. The largest absolute Gasteiger partial charge is 0.312 e. The van der Waals surface area contributed by atoms with Crippen LogP contribution in [0.25, 0.3) is 27.1 Å². The number of carbonyl (C=O) groups is 1. The van der Waals surface area contributed by atoms with Crippen LogP contribution < -0.4 is 4.80 Å². The number of hydrogen-bond donors (Lipinski definition) is 0. The summed E-state index contributed by atoms with van der Waals surface area (Å²) in [5.74, 6) is -0.401. The van der Waals surface area contributed by atoms with Crippen molar-refractivity contribution in [3.8, 4) is 0 Å². The number of nitro groups is 1. The Kier molecular flexibility index (Phi) is 5.36. The van der Waals surface area contributed by atoms with Crippen molar-refractivity contribution >= 4 is 50.0 Å². The van der Waals surface area contributed by atoms with Crippen LogP contribution in [-0.2, 0) is 11.3 Å². The molecule has 3 aromatic carbocycles. The summed E-state index contributed by atoms with van der Waals surface area (Å²) in [6.45, 7) is 4.35. The average Bonchev–Trinajstić information content (AvgIpc) is 3.10. The van der Waals surface area contributed by atoms with Gasteiger partial charge in [0, 0.05) is 30.1 Å². The molecule has 0 aliphatic heterocycles. The van der Waals surface area contributed by atoms with Gasteiger partial charge in [0.25, 0.3) is 11.6 Å². The molecule has 0 bridgehead atoms. The third kappa shape index (κ3) is 3.83. The predicted octanol–water partition coefficient (Wildman–Crippen LogP) is 5.09. The Morgan fingerprint density at radius 1 is 1.13 bits per heavy atom. The summed E-state index contributed by atoms with van der Waals surface area (Å²) in [4.78, 5) is 27.6. The Morgan fingerprint density at radius 2 is 1.90 bits per heavy atom. The number of thiazole rings is 1. The molecule has 0 N–H and O–H groups in total. The second kappa shape index (κ2) is 8.26. The number of hydrogen-bond acceptors (Lipinski definition) is 4. The minimum absolute atomic E-state index is 0.00568. The van der Waals surface area contributed by atoms with Gasteiger partial charge in [-0.1, -0.05) is 47.7 Å². The van der Waals surface area contributed by atoms with Crippen molar-refractivity contribution in [2.24, 2.45) is 4.99 Å². The van der Waals surface area contributed by atoms with Crippen LogP contribution in [0, 0.1) is 10.1 Å². The fraction of sp³-hybridized carbons (Fsp3) is 0.0435. The van der Waals surface area contributed by atoms with Crippen LogP contribution >= 0.6 is 11.3 Å². The third-order valence-corrected chi connectivity index (χ3v) is 5.74. The van der Waals surface area contributed by atoms with Crippen molar-refractivity contribution < 1.29 is 9.72 Å². The molecule has 0 unspecified atom stereocenters. The normalized spacial score (nSPS) is 12.1. The highest BCUT2D eigenvalue weighted by Crippen LogP contribution is 2.27. The molecule has 0 saturated heterocycles. The number of benzene rings is 3. The van der Waals surface area contributed by atoms with E-state index in [0.29, 0.717) is 16.9 Å². The summed E-state index contributed by atoms with van der Waals surface area (Å²) < 4.78 is 3.04. The SMILES string of the molecule is C=CCn1c(=NC(=O)/C=C\c2ccc([N+](=O)[O-])cc2)sc2c3ccccc3ccc21. The Morgan fingerprint density at radius 3 is 2.63 bits per heavy atom. The highest BCUT2D eigenvalue weighted by atomic mass is 32.1. The van der Waals surface area contributed by atoms with Gasteiger partial charge < -0.3 is 4.57 Å². The fourth-order valence-corrected chi connectivity index (χ4v) is 4.38. The molecule has 0 aliphatic carbocycles. The lowest BCUT2D eigenvalue weighted by Crippen LogP contribution is -2.15. The van der Waals surface area contributed by atoms with Crippen molar-refractivity contribution in [2.45, 2.75) is 6.54 Å². The smallest absolute Gasteiger partial charge is 0.272 e. The first-order valence-corrected chi connectivity index (χ1v) is 10.0. The molecule has 0 saturated carbocycles. The van der Waals surface area contributed by atoms with E-state index in [1.165, 1.54) is 29.5 Å². The van der Waals surface area contributed by atoms with Crippen molar-refractivity contribution in [2.75, 3.05) is 0 Å². The summed E-state index contributed by atoms with van der Waals surface area (Å²) in [7, 11) is 0. The highest BCUT2D eigenvalue weighted by Gasteiger charge is 2.09. The minimum Gasteiger partial charge on any atom is -0.312 e. The molecule has 4 rings (SSSR count). The summed E-state index contributed by atoms with van der Waals surface area (Å²) in [5, 5.41) is 13.0. The molecule has 0 fully saturated rings. The Bertz CT molecular complexity index is 1380. The first-order chi connectivity index (χ1) is 14.6. The maximum Gasteiger partial charge on any atom is 0.272 e. The van der Waals surface area contributed by atoms with E-state index in [0.717, 1.165) is 21.0 Å². The van der Waals surface area contributed by atoms with E-state index in [4.69, 9.17) is 0 Å². The molecule has 1 aromatic heterocycles. The van der Waals surface area contributed by atoms with Gasteiger partial charge in [-0.2, -0.15) is 4.99 Å². The molecule has 1 amide bonds. The highest BCUT2D eigenvalue weighted by molar-refractivity contribution is 7.17. The van der Waals surface area contributed by atoms with Crippen LogP contribution in [0.5, 0.6) is 0 Å². The van der Waals surface area contributed by atoms with Gasteiger partial charge in [-0.25, -0.2) is 0 Å². The van der Waals surface area contributed by atoms with Crippen molar-refractivity contribution in [3.05, 3.63) is 99.9 Å². The maximum absolute atomic E-state index is 12.5. The summed E-state index contributed by atoms with van der Waals surface area (Å²) in [5.41, 5.74) is 1.70. The lowest BCUT2D eigenvalue weighted by Gasteiger charge is -2.02.